The van der Waals surface area contributed by atoms with E-state index in [-0.39, 0.29) is 0 Å². The molecule has 0 atom stereocenters. The lowest BCUT2D eigenvalue weighted by molar-refractivity contribution is 1.02. The number of anilines is 1. The number of hydrogen-bond acceptors (Lipinski definition) is 1. The van der Waals surface area contributed by atoms with Gasteiger partial charge in [0.2, 0.25) is 0 Å². The van der Waals surface area contributed by atoms with Crippen LogP contribution in [0.4, 0.5) is 5.69 Å². The highest BCUT2D eigenvalue weighted by Crippen LogP contribution is 2.17. The van der Waals surface area contributed by atoms with Gasteiger partial charge in [-0.15, -0.1) is 0 Å². The molecule has 0 radical (unpaired) electrons. The van der Waals surface area contributed by atoms with Crippen LogP contribution in [0.5, 0.6) is 0 Å². The monoisotopic (exact) mass is 280 g/mol. The standard InChI is InChI=1S/C19H24N2/c1-13-6-8-18(9-7-13)21-17(5)20-12-19-15(3)10-14(2)11-16(19)4/h6-11H,12H2,1-5H3,(H,20,21). The van der Waals surface area contributed by atoms with Gasteiger partial charge in [-0.05, 0) is 63.4 Å². The van der Waals surface area contributed by atoms with Crippen LogP contribution in [0.2, 0.25) is 0 Å². The van der Waals surface area contributed by atoms with Gasteiger partial charge in [0.25, 0.3) is 0 Å². The normalized spacial score (nSPS) is 11.6. The third-order valence-corrected chi connectivity index (χ3v) is 3.69. The number of amidine groups is 1. The predicted octanol–water partition coefficient (Wildman–Crippen LogP) is 4.95. The maximum atomic E-state index is 4.67. The SMILES string of the molecule is C/C(=N\Cc1c(C)cc(C)cc1C)Nc1ccc(C)cc1. The summed E-state index contributed by atoms with van der Waals surface area (Å²) in [5.74, 6) is 0.943. The summed E-state index contributed by atoms with van der Waals surface area (Å²) in [7, 11) is 0. The van der Waals surface area contributed by atoms with Gasteiger partial charge in [0.15, 0.2) is 0 Å². The number of hydrogen-bond donors (Lipinski definition) is 1. The molecule has 0 heterocycles. The van der Waals surface area contributed by atoms with Crippen LogP contribution >= 0.6 is 0 Å². The fourth-order valence-electron chi connectivity index (χ4n) is 2.54. The minimum absolute atomic E-state index is 0.725. The Morgan fingerprint density at radius 3 is 2.05 bits per heavy atom. The highest BCUT2D eigenvalue weighted by molar-refractivity contribution is 5.93. The molecular formula is C19H24N2. The lowest BCUT2D eigenvalue weighted by Gasteiger charge is -2.10. The van der Waals surface area contributed by atoms with Crippen LogP contribution in [-0.2, 0) is 6.54 Å². The van der Waals surface area contributed by atoms with Crippen LogP contribution < -0.4 is 5.32 Å². The Hall–Kier alpha value is -2.09. The summed E-state index contributed by atoms with van der Waals surface area (Å²) in [6.45, 7) is 11.3. The first kappa shape index (κ1) is 15.3. The molecule has 2 aromatic rings. The largest absolute Gasteiger partial charge is 0.344 e. The van der Waals surface area contributed by atoms with Crippen molar-refractivity contribution in [3.05, 3.63) is 64.2 Å². The first-order valence-corrected chi connectivity index (χ1v) is 7.37. The average molecular weight is 280 g/mol. The number of nitrogens with one attached hydrogen (secondary N) is 1. The second-order valence-corrected chi connectivity index (χ2v) is 5.77. The van der Waals surface area contributed by atoms with Crippen LogP contribution in [0.3, 0.4) is 0 Å². The lowest BCUT2D eigenvalue weighted by Crippen LogP contribution is -2.08. The molecule has 0 aliphatic carbocycles. The molecule has 0 saturated heterocycles. The van der Waals surface area contributed by atoms with E-state index >= 15 is 0 Å². The van der Waals surface area contributed by atoms with Crippen molar-refractivity contribution >= 4 is 11.5 Å². The molecule has 0 bridgehead atoms. The number of rotatable bonds is 3. The van der Waals surface area contributed by atoms with Crippen molar-refractivity contribution in [1.82, 2.24) is 0 Å². The van der Waals surface area contributed by atoms with Gasteiger partial charge >= 0.3 is 0 Å². The molecule has 0 fully saturated rings. The molecule has 110 valence electrons. The molecular weight excluding hydrogens is 256 g/mol. The molecule has 21 heavy (non-hydrogen) atoms. The summed E-state index contributed by atoms with van der Waals surface area (Å²) in [5, 5.41) is 3.34. The van der Waals surface area contributed by atoms with Crippen molar-refractivity contribution in [3.63, 3.8) is 0 Å². The van der Waals surface area contributed by atoms with E-state index in [0.29, 0.717) is 0 Å². The van der Waals surface area contributed by atoms with E-state index in [4.69, 9.17) is 0 Å². The zero-order valence-corrected chi connectivity index (χ0v) is 13.6. The number of benzene rings is 2. The highest BCUT2D eigenvalue weighted by atomic mass is 15.0. The molecule has 0 unspecified atom stereocenters. The second kappa shape index (κ2) is 6.57. The Morgan fingerprint density at radius 2 is 1.48 bits per heavy atom. The third kappa shape index (κ3) is 4.19. The molecule has 2 nitrogen and oxygen atoms in total. The Morgan fingerprint density at radius 1 is 0.905 bits per heavy atom. The second-order valence-electron chi connectivity index (χ2n) is 5.77. The highest BCUT2D eigenvalue weighted by Gasteiger charge is 2.03. The zero-order valence-electron chi connectivity index (χ0n) is 13.6. The van der Waals surface area contributed by atoms with Crippen LogP contribution in [0.15, 0.2) is 41.4 Å². The molecule has 0 aliphatic heterocycles. The van der Waals surface area contributed by atoms with E-state index in [9.17, 15) is 0 Å². The number of aliphatic imine (C=N–C) groups is 1. The summed E-state index contributed by atoms with van der Waals surface area (Å²) in [4.78, 5) is 4.67. The van der Waals surface area contributed by atoms with Gasteiger partial charge in [0.1, 0.15) is 0 Å². The minimum Gasteiger partial charge on any atom is -0.344 e. The van der Waals surface area contributed by atoms with Crippen molar-refractivity contribution in [2.45, 2.75) is 41.2 Å². The fraction of sp³-hybridized carbons (Fsp3) is 0.316. The first-order valence-electron chi connectivity index (χ1n) is 7.37. The number of nitrogens with zero attached hydrogens (tertiary/aromatic N) is 1. The van der Waals surface area contributed by atoms with Gasteiger partial charge < -0.3 is 5.32 Å². The summed E-state index contributed by atoms with van der Waals surface area (Å²) < 4.78 is 0. The molecule has 1 N–H and O–H groups in total. The van der Waals surface area contributed by atoms with E-state index in [1.807, 2.05) is 6.92 Å². The van der Waals surface area contributed by atoms with E-state index < -0.39 is 0 Å². The topological polar surface area (TPSA) is 24.4 Å². The van der Waals surface area contributed by atoms with Gasteiger partial charge in [-0.25, -0.2) is 0 Å². The van der Waals surface area contributed by atoms with Crippen molar-refractivity contribution in [3.8, 4) is 0 Å². The van der Waals surface area contributed by atoms with Gasteiger partial charge in [0, 0.05) is 5.69 Å². The molecule has 0 saturated carbocycles. The van der Waals surface area contributed by atoms with Gasteiger partial charge in [-0.3, -0.25) is 4.99 Å². The summed E-state index contributed by atoms with van der Waals surface area (Å²) in [5.41, 5.74) is 7.62. The molecule has 0 aromatic heterocycles. The first-order chi connectivity index (χ1) is 9.95. The van der Waals surface area contributed by atoms with Crippen LogP contribution in [0, 0.1) is 27.7 Å². The van der Waals surface area contributed by atoms with E-state index in [2.05, 4.69) is 74.4 Å². The van der Waals surface area contributed by atoms with Crippen LogP contribution in [-0.4, -0.2) is 5.84 Å². The molecule has 2 aromatic carbocycles. The Labute approximate surface area is 127 Å². The van der Waals surface area contributed by atoms with Gasteiger partial charge in [-0.2, -0.15) is 0 Å². The van der Waals surface area contributed by atoms with Crippen molar-refractivity contribution in [2.75, 3.05) is 5.32 Å². The molecule has 0 amide bonds. The summed E-state index contributed by atoms with van der Waals surface area (Å²) in [6.07, 6.45) is 0. The summed E-state index contributed by atoms with van der Waals surface area (Å²) in [6, 6.07) is 12.8. The quantitative estimate of drug-likeness (QED) is 0.624. The predicted molar refractivity (Wildman–Crippen MR) is 92.3 cm³/mol. The third-order valence-electron chi connectivity index (χ3n) is 3.69. The molecule has 2 rings (SSSR count). The molecule has 2 heteroatoms. The van der Waals surface area contributed by atoms with Crippen LogP contribution in [0.1, 0.15) is 34.7 Å². The zero-order chi connectivity index (χ0) is 15.4. The fourth-order valence-corrected chi connectivity index (χ4v) is 2.54. The summed E-state index contributed by atoms with van der Waals surface area (Å²) >= 11 is 0. The van der Waals surface area contributed by atoms with Gasteiger partial charge in [0.05, 0.1) is 12.4 Å². The Balaban J connectivity index is 2.08. The lowest BCUT2D eigenvalue weighted by atomic mass is 10.00. The van der Waals surface area contributed by atoms with Crippen molar-refractivity contribution < 1.29 is 0 Å². The maximum Gasteiger partial charge on any atom is 0.0979 e. The average Bonchev–Trinajstić information content (AvgIpc) is 2.40. The van der Waals surface area contributed by atoms with E-state index in [0.717, 1.165) is 18.1 Å². The molecule has 0 aliphatic rings. The van der Waals surface area contributed by atoms with E-state index in [1.54, 1.807) is 0 Å². The Kier molecular flexibility index (Phi) is 4.79. The van der Waals surface area contributed by atoms with Crippen molar-refractivity contribution in [1.29, 1.82) is 0 Å². The minimum atomic E-state index is 0.725. The number of aryl methyl sites for hydroxylation is 4. The molecule has 0 spiro atoms. The Bertz CT molecular complexity index is 629. The van der Waals surface area contributed by atoms with E-state index in [1.165, 1.54) is 27.8 Å². The maximum absolute atomic E-state index is 4.67. The van der Waals surface area contributed by atoms with Gasteiger partial charge in [-0.1, -0.05) is 35.4 Å². The van der Waals surface area contributed by atoms with Crippen LogP contribution in [0.25, 0.3) is 0 Å². The smallest absolute Gasteiger partial charge is 0.0979 e. The van der Waals surface area contributed by atoms with Crippen molar-refractivity contribution in [2.24, 2.45) is 4.99 Å².